The molecule has 6 nitrogen and oxygen atoms in total. The third kappa shape index (κ3) is 4.97. The molecule has 0 aliphatic carbocycles. The van der Waals surface area contributed by atoms with Crippen LogP contribution in [-0.2, 0) is 6.54 Å². The van der Waals surface area contributed by atoms with Gasteiger partial charge in [0.1, 0.15) is 0 Å². The molecule has 1 saturated heterocycles. The Kier molecular flexibility index (Phi) is 7.76. The average molecular weight is 473 g/mol. The lowest BCUT2D eigenvalue weighted by Crippen LogP contribution is -2.52. The summed E-state index contributed by atoms with van der Waals surface area (Å²) in [5, 5.41) is 6.89. The number of nitrogens with one attached hydrogen (secondary N) is 1. The Labute approximate surface area is 169 Å². The van der Waals surface area contributed by atoms with Crippen LogP contribution in [0.4, 0.5) is 5.00 Å². The SMILES string of the molecule is CN=C(NCc1cccnc1OC)N1CCN(c2cccs2)CC1.I. The van der Waals surface area contributed by atoms with Crippen molar-refractivity contribution in [3.8, 4) is 5.88 Å². The van der Waals surface area contributed by atoms with E-state index in [-0.39, 0.29) is 24.0 Å². The number of rotatable bonds is 4. The number of pyridine rings is 1. The van der Waals surface area contributed by atoms with Gasteiger partial charge in [0, 0.05) is 51.5 Å². The molecule has 0 aromatic carbocycles. The Bertz CT molecular complexity index is 671. The molecule has 1 aliphatic rings. The quantitative estimate of drug-likeness (QED) is 0.421. The number of aliphatic imine (C=N–C) groups is 1. The molecule has 0 spiro atoms. The van der Waals surface area contributed by atoms with Crippen LogP contribution >= 0.6 is 35.3 Å². The van der Waals surface area contributed by atoms with Crippen LogP contribution in [0.3, 0.4) is 0 Å². The molecule has 0 atom stereocenters. The molecule has 1 aliphatic heterocycles. The molecule has 2 aromatic rings. The van der Waals surface area contributed by atoms with Crippen molar-refractivity contribution >= 4 is 46.3 Å². The van der Waals surface area contributed by atoms with Crippen molar-refractivity contribution < 1.29 is 4.74 Å². The molecule has 0 bridgehead atoms. The standard InChI is InChI=1S/C17H23N5OS.HI/c1-18-17(20-13-14-5-3-7-19-16(14)23-2)22-10-8-21(9-11-22)15-6-4-12-24-15;/h3-7,12H,8-11,13H2,1-2H3,(H,18,20);1H. The highest BCUT2D eigenvalue weighted by Gasteiger charge is 2.20. The summed E-state index contributed by atoms with van der Waals surface area (Å²) in [6.45, 7) is 4.59. The molecule has 136 valence electrons. The van der Waals surface area contributed by atoms with Gasteiger partial charge in [0.2, 0.25) is 5.88 Å². The zero-order chi connectivity index (χ0) is 16.8. The van der Waals surface area contributed by atoms with Crippen LogP contribution in [-0.4, -0.2) is 56.2 Å². The van der Waals surface area contributed by atoms with Gasteiger partial charge in [-0.15, -0.1) is 35.3 Å². The molecular formula is C17H24IN5OS. The monoisotopic (exact) mass is 473 g/mol. The number of thiophene rings is 1. The number of ether oxygens (including phenoxy) is 1. The summed E-state index contributed by atoms with van der Waals surface area (Å²) in [4.78, 5) is 13.4. The number of guanidine groups is 1. The maximum absolute atomic E-state index is 5.30. The summed E-state index contributed by atoms with van der Waals surface area (Å²) in [6, 6.07) is 8.22. The first-order valence-electron chi connectivity index (χ1n) is 8.03. The third-order valence-electron chi connectivity index (χ3n) is 4.09. The number of methoxy groups -OCH3 is 1. The molecule has 8 heteroatoms. The van der Waals surface area contributed by atoms with E-state index in [1.54, 1.807) is 24.6 Å². The lowest BCUT2D eigenvalue weighted by Gasteiger charge is -2.37. The number of aromatic nitrogens is 1. The van der Waals surface area contributed by atoms with Crippen LogP contribution in [0.2, 0.25) is 0 Å². The largest absolute Gasteiger partial charge is 0.481 e. The first-order valence-corrected chi connectivity index (χ1v) is 8.91. The molecule has 2 aromatic heterocycles. The van der Waals surface area contributed by atoms with E-state index in [1.807, 2.05) is 19.2 Å². The lowest BCUT2D eigenvalue weighted by molar-refractivity contribution is 0.371. The van der Waals surface area contributed by atoms with Gasteiger partial charge >= 0.3 is 0 Å². The van der Waals surface area contributed by atoms with Gasteiger partial charge in [-0.1, -0.05) is 6.07 Å². The number of hydrogen-bond acceptors (Lipinski definition) is 5. The lowest BCUT2D eigenvalue weighted by atomic mass is 10.2. The Morgan fingerprint density at radius 1 is 1.28 bits per heavy atom. The predicted octanol–water partition coefficient (Wildman–Crippen LogP) is 2.67. The Morgan fingerprint density at radius 2 is 2.08 bits per heavy atom. The van der Waals surface area contributed by atoms with Gasteiger partial charge in [-0.3, -0.25) is 4.99 Å². The fraction of sp³-hybridized carbons (Fsp3) is 0.412. The second-order valence-corrected chi connectivity index (χ2v) is 6.42. The molecule has 1 N–H and O–H groups in total. The highest BCUT2D eigenvalue weighted by molar-refractivity contribution is 14.0. The first kappa shape index (κ1) is 19.8. The third-order valence-corrected chi connectivity index (χ3v) is 5.02. The topological polar surface area (TPSA) is 53.0 Å². The van der Waals surface area contributed by atoms with Crippen LogP contribution in [0.5, 0.6) is 5.88 Å². The number of nitrogens with zero attached hydrogens (tertiary/aromatic N) is 4. The van der Waals surface area contributed by atoms with Crippen molar-refractivity contribution in [2.24, 2.45) is 4.99 Å². The highest BCUT2D eigenvalue weighted by atomic mass is 127. The van der Waals surface area contributed by atoms with Crippen molar-refractivity contribution in [1.82, 2.24) is 15.2 Å². The van der Waals surface area contributed by atoms with E-state index >= 15 is 0 Å². The Hall–Kier alpha value is -1.55. The molecule has 1 fully saturated rings. The van der Waals surface area contributed by atoms with Gasteiger partial charge in [0.15, 0.2) is 5.96 Å². The van der Waals surface area contributed by atoms with Crippen molar-refractivity contribution in [3.63, 3.8) is 0 Å². The van der Waals surface area contributed by atoms with E-state index < -0.39 is 0 Å². The molecule has 0 unspecified atom stereocenters. The minimum Gasteiger partial charge on any atom is -0.481 e. The number of halogens is 1. The molecule has 0 amide bonds. The summed E-state index contributed by atoms with van der Waals surface area (Å²) in [6.07, 6.45) is 1.74. The summed E-state index contributed by atoms with van der Waals surface area (Å²) < 4.78 is 5.30. The fourth-order valence-electron chi connectivity index (χ4n) is 2.84. The fourth-order valence-corrected chi connectivity index (χ4v) is 3.62. The Morgan fingerprint density at radius 3 is 2.72 bits per heavy atom. The molecule has 3 heterocycles. The van der Waals surface area contributed by atoms with E-state index in [4.69, 9.17) is 4.74 Å². The smallest absolute Gasteiger partial charge is 0.218 e. The summed E-state index contributed by atoms with van der Waals surface area (Å²) in [5.41, 5.74) is 1.03. The average Bonchev–Trinajstić information content (AvgIpc) is 3.18. The minimum atomic E-state index is 0. The van der Waals surface area contributed by atoms with Gasteiger partial charge in [-0.2, -0.15) is 0 Å². The van der Waals surface area contributed by atoms with Gasteiger partial charge in [0.25, 0.3) is 0 Å². The number of anilines is 1. The molecule has 25 heavy (non-hydrogen) atoms. The van der Waals surface area contributed by atoms with E-state index in [1.165, 1.54) is 5.00 Å². The van der Waals surface area contributed by atoms with Gasteiger partial charge in [-0.05, 0) is 23.6 Å². The van der Waals surface area contributed by atoms with Gasteiger partial charge in [-0.25, -0.2) is 4.98 Å². The van der Waals surface area contributed by atoms with Crippen LogP contribution in [0.1, 0.15) is 5.56 Å². The van der Waals surface area contributed by atoms with Crippen LogP contribution in [0.25, 0.3) is 0 Å². The second-order valence-electron chi connectivity index (χ2n) is 5.50. The molecule has 0 saturated carbocycles. The Balaban J connectivity index is 0.00000225. The maximum atomic E-state index is 5.30. The van der Waals surface area contributed by atoms with Crippen molar-refractivity contribution in [3.05, 3.63) is 41.4 Å². The van der Waals surface area contributed by atoms with E-state index in [0.717, 1.165) is 37.7 Å². The van der Waals surface area contributed by atoms with Gasteiger partial charge in [0.05, 0.1) is 12.1 Å². The molecular weight excluding hydrogens is 449 g/mol. The van der Waals surface area contributed by atoms with E-state index in [0.29, 0.717) is 12.4 Å². The zero-order valence-electron chi connectivity index (χ0n) is 14.5. The minimum absolute atomic E-state index is 0. The summed E-state index contributed by atoms with van der Waals surface area (Å²) in [5.74, 6) is 1.58. The van der Waals surface area contributed by atoms with Crippen molar-refractivity contribution in [2.75, 3.05) is 45.2 Å². The van der Waals surface area contributed by atoms with Crippen LogP contribution in [0.15, 0.2) is 40.8 Å². The van der Waals surface area contributed by atoms with Crippen molar-refractivity contribution in [2.45, 2.75) is 6.54 Å². The highest BCUT2D eigenvalue weighted by Crippen LogP contribution is 2.22. The van der Waals surface area contributed by atoms with Crippen LogP contribution < -0.4 is 15.0 Å². The van der Waals surface area contributed by atoms with Crippen LogP contribution in [0, 0.1) is 0 Å². The number of piperazine rings is 1. The van der Waals surface area contributed by atoms with Gasteiger partial charge < -0.3 is 19.9 Å². The zero-order valence-corrected chi connectivity index (χ0v) is 17.7. The predicted molar refractivity (Wildman–Crippen MR) is 115 cm³/mol. The second kappa shape index (κ2) is 9.81. The van der Waals surface area contributed by atoms with E-state index in [2.05, 4.69) is 42.6 Å². The summed E-state index contributed by atoms with van der Waals surface area (Å²) in [7, 11) is 3.47. The molecule has 0 radical (unpaired) electrons. The normalized spacial score (nSPS) is 14.9. The van der Waals surface area contributed by atoms with Crippen molar-refractivity contribution in [1.29, 1.82) is 0 Å². The number of hydrogen-bond donors (Lipinski definition) is 1. The van der Waals surface area contributed by atoms with E-state index in [9.17, 15) is 0 Å². The summed E-state index contributed by atoms with van der Waals surface area (Å²) >= 11 is 1.80. The molecule has 3 rings (SSSR count). The maximum Gasteiger partial charge on any atom is 0.218 e. The first-order chi connectivity index (χ1) is 11.8.